The van der Waals surface area contributed by atoms with E-state index in [9.17, 15) is 0 Å². The summed E-state index contributed by atoms with van der Waals surface area (Å²) in [6, 6.07) is 32.5. The number of aromatic nitrogens is 1. The molecule has 43 heavy (non-hydrogen) atoms. The Morgan fingerprint density at radius 3 is 1.53 bits per heavy atom. The van der Waals surface area contributed by atoms with Gasteiger partial charge in [-0.25, -0.2) is 4.57 Å². The van der Waals surface area contributed by atoms with Crippen LogP contribution in [0.2, 0.25) is 0 Å². The first-order valence-electron chi connectivity index (χ1n) is 15.8. The van der Waals surface area contributed by atoms with Crippen molar-refractivity contribution in [2.45, 2.75) is 61.8 Å². The molecule has 0 radical (unpaired) electrons. The first-order valence-corrected chi connectivity index (χ1v) is 15.8. The predicted molar refractivity (Wildman–Crippen MR) is 189 cm³/mol. The van der Waals surface area contributed by atoms with E-state index in [0.29, 0.717) is 0 Å². The third-order valence-electron chi connectivity index (χ3n) is 9.56. The zero-order valence-electron chi connectivity index (χ0n) is 27.5. The second-order valence-electron chi connectivity index (χ2n) is 14.2. The molecule has 214 valence electrons. The molecule has 6 rings (SSSR count). The zero-order chi connectivity index (χ0) is 30.6. The molecule has 1 aromatic heterocycles. The lowest BCUT2D eigenvalue weighted by Crippen LogP contribution is -2.76. The summed E-state index contributed by atoms with van der Waals surface area (Å²) in [5.74, 6) is 0. The van der Waals surface area contributed by atoms with Crippen LogP contribution in [-0.4, -0.2) is 13.4 Å². The van der Waals surface area contributed by atoms with Crippen molar-refractivity contribution in [1.82, 2.24) is 0 Å². The van der Waals surface area contributed by atoms with Gasteiger partial charge in [-0.3, -0.25) is 0 Å². The molecule has 1 aliphatic heterocycles. The molecule has 5 aromatic rings. The highest BCUT2D eigenvalue weighted by Crippen LogP contribution is 2.25. The van der Waals surface area contributed by atoms with E-state index in [0.717, 1.165) is 6.42 Å². The summed E-state index contributed by atoms with van der Waals surface area (Å²) < 4.78 is 2.30. The largest absolute Gasteiger partial charge is 0.240 e. The summed E-state index contributed by atoms with van der Waals surface area (Å²) in [5.41, 5.74) is 19.6. The van der Waals surface area contributed by atoms with E-state index in [1.54, 1.807) is 0 Å². The second kappa shape index (κ2) is 11.0. The van der Waals surface area contributed by atoms with Crippen LogP contribution in [0, 0.1) is 40.0 Å². The number of hydrogen-bond acceptors (Lipinski definition) is 0. The van der Waals surface area contributed by atoms with Gasteiger partial charge < -0.3 is 0 Å². The average molecular weight is 560 g/mol. The maximum Gasteiger partial charge on any atom is 0.240 e. The van der Waals surface area contributed by atoms with Crippen molar-refractivity contribution in [2.24, 2.45) is 12.5 Å². The van der Waals surface area contributed by atoms with Crippen LogP contribution in [0.15, 0.2) is 91.1 Å². The standard InChI is InChI=1S/C40H44B2N/c1-26-14-12-15-27(2)38(26)41-33-18-10-11-19-34(33)42(39-28(3)16-13-17-29(39)4)36-24-32(30(5)22-35(36)41)37-23-31(20-21-43(37)9)25-40(6,7)8/h10-24H,25H2,1-9H3/q+1. The van der Waals surface area contributed by atoms with Gasteiger partial charge in [-0.05, 0) is 57.6 Å². The lowest BCUT2D eigenvalue weighted by molar-refractivity contribution is -0.660. The van der Waals surface area contributed by atoms with Crippen molar-refractivity contribution in [3.8, 4) is 11.3 Å². The molecule has 0 unspecified atom stereocenters. The number of rotatable bonds is 4. The van der Waals surface area contributed by atoms with E-state index in [2.05, 4.69) is 158 Å². The first-order chi connectivity index (χ1) is 20.4. The van der Waals surface area contributed by atoms with Crippen LogP contribution < -0.4 is 37.3 Å². The Morgan fingerprint density at radius 1 is 0.558 bits per heavy atom. The van der Waals surface area contributed by atoms with Gasteiger partial charge in [-0.15, -0.1) is 0 Å². The smallest absolute Gasteiger partial charge is 0.201 e. The number of hydrogen-bond donors (Lipinski definition) is 0. The van der Waals surface area contributed by atoms with Crippen LogP contribution in [0.3, 0.4) is 0 Å². The molecule has 0 saturated heterocycles. The highest BCUT2D eigenvalue weighted by molar-refractivity contribution is 7.11. The van der Waals surface area contributed by atoms with Crippen LogP contribution >= 0.6 is 0 Å². The molecule has 0 bridgehead atoms. The molecule has 4 aromatic carbocycles. The highest BCUT2D eigenvalue weighted by atomic mass is 14.9. The zero-order valence-corrected chi connectivity index (χ0v) is 27.5. The van der Waals surface area contributed by atoms with E-state index in [4.69, 9.17) is 0 Å². The minimum Gasteiger partial charge on any atom is -0.201 e. The van der Waals surface area contributed by atoms with Gasteiger partial charge >= 0.3 is 0 Å². The maximum absolute atomic E-state index is 2.55. The summed E-state index contributed by atoms with van der Waals surface area (Å²) in [6.07, 6.45) is 3.30. The fraction of sp³-hybridized carbons (Fsp3) is 0.275. The molecule has 0 N–H and O–H groups in total. The Bertz CT molecular complexity index is 1820. The first kappa shape index (κ1) is 29.2. The Balaban J connectivity index is 1.68. The Hall–Kier alpha value is -3.84. The molecule has 0 aliphatic carbocycles. The van der Waals surface area contributed by atoms with Gasteiger partial charge in [-0.1, -0.05) is 149 Å². The van der Waals surface area contributed by atoms with Crippen molar-refractivity contribution in [1.29, 1.82) is 0 Å². The van der Waals surface area contributed by atoms with Crippen molar-refractivity contribution in [2.75, 3.05) is 0 Å². The van der Waals surface area contributed by atoms with Gasteiger partial charge in [0.25, 0.3) is 0 Å². The number of fused-ring (bicyclic) bond motifs is 2. The predicted octanol–water partition coefficient (Wildman–Crippen LogP) is 4.65. The fourth-order valence-electron chi connectivity index (χ4n) is 7.69. The summed E-state index contributed by atoms with van der Waals surface area (Å²) in [4.78, 5) is 0. The van der Waals surface area contributed by atoms with Gasteiger partial charge in [0.2, 0.25) is 19.1 Å². The van der Waals surface area contributed by atoms with Crippen molar-refractivity contribution < 1.29 is 4.57 Å². The van der Waals surface area contributed by atoms with Gasteiger partial charge in [0, 0.05) is 17.7 Å². The molecule has 0 spiro atoms. The van der Waals surface area contributed by atoms with Crippen molar-refractivity contribution in [3.05, 3.63) is 125 Å². The minimum absolute atomic E-state index is 0.176. The SMILES string of the molecule is Cc1cc2c(cc1-c1cc(CC(C)(C)C)cc[n+]1C)B(c1c(C)cccc1C)c1ccccc1B2c1c(C)cccc1C. The Kier molecular flexibility index (Phi) is 7.49. The minimum atomic E-state index is 0.176. The molecule has 1 nitrogen and oxygen atoms in total. The number of nitrogens with zero attached hydrogens (tertiary/aromatic N) is 1. The van der Waals surface area contributed by atoms with E-state index >= 15 is 0 Å². The lowest BCUT2D eigenvalue weighted by atomic mass is 9.20. The third-order valence-corrected chi connectivity index (χ3v) is 9.56. The van der Waals surface area contributed by atoms with Crippen LogP contribution in [0.4, 0.5) is 0 Å². The normalized spacial score (nSPS) is 12.8. The second-order valence-corrected chi connectivity index (χ2v) is 14.2. The van der Waals surface area contributed by atoms with Gasteiger partial charge in [0.05, 0.1) is 0 Å². The monoisotopic (exact) mass is 560 g/mol. The van der Waals surface area contributed by atoms with Crippen molar-refractivity contribution in [3.63, 3.8) is 0 Å². The van der Waals surface area contributed by atoms with Gasteiger partial charge in [0.1, 0.15) is 7.05 Å². The maximum atomic E-state index is 2.55. The molecule has 0 amide bonds. The highest BCUT2D eigenvalue weighted by Gasteiger charge is 2.41. The summed E-state index contributed by atoms with van der Waals surface area (Å²) in [6.45, 7) is 18.8. The lowest BCUT2D eigenvalue weighted by Gasteiger charge is -2.35. The number of benzene rings is 4. The van der Waals surface area contributed by atoms with Crippen molar-refractivity contribution >= 4 is 46.2 Å². The molecule has 2 heterocycles. The summed E-state index contributed by atoms with van der Waals surface area (Å²) in [5, 5.41) is 0. The van der Waals surface area contributed by atoms with E-state index in [-0.39, 0.29) is 18.8 Å². The van der Waals surface area contributed by atoms with Gasteiger partial charge in [0.15, 0.2) is 6.20 Å². The van der Waals surface area contributed by atoms with Gasteiger partial charge in [-0.2, -0.15) is 0 Å². The summed E-state index contributed by atoms with van der Waals surface area (Å²) in [7, 11) is 2.19. The molecule has 3 heteroatoms. The van der Waals surface area contributed by atoms with E-state index in [1.165, 1.54) is 77.4 Å². The molecule has 0 saturated carbocycles. The van der Waals surface area contributed by atoms with Crippen LogP contribution in [0.5, 0.6) is 0 Å². The number of aryl methyl sites for hydroxylation is 6. The van der Waals surface area contributed by atoms with E-state index in [1.807, 2.05) is 0 Å². The Morgan fingerprint density at radius 2 is 1.05 bits per heavy atom. The topological polar surface area (TPSA) is 3.88 Å². The number of pyridine rings is 1. The average Bonchev–Trinajstić information content (AvgIpc) is 2.94. The quantitative estimate of drug-likeness (QED) is 0.218. The fourth-order valence-corrected chi connectivity index (χ4v) is 7.69. The third kappa shape index (κ3) is 5.29. The van der Waals surface area contributed by atoms with E-state index < -0.39 is 0 Å². The molecular weight excluding hydrogens is 516 g/mol. The molecule has 1 aliphatic rings. The van der Waals surface area contributed by atoms with Crippen LogP contribution in [-0.2, 0) is 13.5 Å². The van der Waals surface area contributed by atoms with Crippen LogP contribution in [0.25, 0.3) is 11.3 Å². The molecular formula is C40H44B2N+. The molecule has 0 fully saturated rings. The summed E-state index contributed by atoms with van der Waals surface area (Å²) >= 11 is 0. The van der Waals surface area contributed by atoms with Crippen LogP contribution in [0.1, 0.15) is 54.2 Å². The Labute approximate surface area is 260 Å². The molecule has 0 atom stereocenters.